The van der Waals surface area contributed by atoms with Gasteiger partial charge in [-0.15, -0.1) is 0 Å². The average Bonchev–Trinajstić information content (AvgIpc) is 2.57. The number of carbonyl (C=O) groups excluding carboxylic acids is 2. The number of amides is 2. The first kappa shape index (κ1) is 20.3. The number of nitrogens with two attached hydrogens (primary N) is 1. The monoisotopic (exact) mass is 397 g/mol. The largest absolute Gasteiger partial charge is 0.366 e. The highest BCUT2D eigenvalue weighted by Crippen LogP contribution is 2.24. The highest BCUT2D eigenvalue weighted by molar-refractivity contribution is 7.92. The molecule has 27 heavy (non-hydrogen) atoms. The van der Waals surface area contributed by atoms with E-state index in [-0.39, 0.29) is 16.9 Å². The van der Waals surface area contributed by atoms with Crippen molar-refractivity contribution in [1.29, 1.82) is 0 Å². The van der Waals surface area contributed by atoms with Crippen LogP contribution in [0.4, 0.5) is 20.2 Å². The molecule has 2 aromatic rings. The zero-order valence-corrected chi connectivity index (χ0v) is 15.3. The first-order chi connectivity index (χ1) is 12.5. The summed E-state index contributed by atoms with van der Waals surface area (Å²) in [6, 6.07) is 7.07. The summed E-state index contributed by atoms with van der Waals surface area (Å²) in [5, 5.41) is 2.43. The van der Waals surface area contributed by atoms with E-state index in [1.165, 1.54) is 19.1 Å². The van der Waals surface area contributed by atoms with Gasteiger partial charge in [-0.2, -0.15) is 0 Å². The van der Waals surface area contributed by atoms with Crippen molar-refractivity contribution in [2.75, 3.05) is 15.9 Å². The van der Waals surface area contributed by atoms with Crippen LogP contribution < -0.4 is 15.4 Å². The highest BCUT2D eigenvalue weighted by atomic mass is 32.2. The first-order valence-corrected chi connectivity index (χ1v) is 9.51. The number of halogens is 2. The Hall–Kier alpha value is -3.01. The van der Waals surface area contributed by atoms with Gasteiger partial charge in [0.2, 0.25) is 15.9 Å². The zero-order valence-electron chi connectivity index (χ0n) is 14.4. The Labute approximate surface area is 154 Å². The van der Waals surface area contributed by atoms with Gasteiger partial charge >= 0.3 is 0 Å². The Kier molecular flexibility index (Phi) is 5.79. The van der Waals surface area contributed by atoms with Crippen LogP contribution in [0.3, 0.4) is 0 Å². The maximum atomic E-state index is 13.5. The van der Waals surface area contributed by atoms with Crippen LogP contribution in [0.1, 0.15) is 17.3 Å². The van der Waals surface area contributed by atoms with Gasteiger partial charge in [-0.3, -0.25) is 13.9 Å². The minimum atomic E-state index is -4.02. The smallest absolute Gasteiger partial charge is 0.250 e. The van der Waals surface area contributed by atoms with Crippen molar-refractivity contribution in [3.63, 3.8) is 0 Å². The van der Waals surface area contributed by atoms with Gasteiger partial charge in [0.25, 0.3) is 5.91 Å². The number of para-hydroxylation sites is 1. The summed E-state index contributed by atoms with van der Waals surface area (Å²) in [5.41, 5.74) is 5.16. The lowest BCUT2D eigenvalue weighted by atomic mass is 10.1. The fraction of sp³-hybridized carbons (Fsp3) is 0.176. The molecule has 3 N–H and O–H groups in total. The number of nitrogens with one attached hydrogen (secondary N) is 1. The Morgan fingerprint density at radius 2 is 1.74 bits per heavy atom. The second-order valence-corrected chi connectivity index (χ2v) is 7.59. The van der Waals surface area contributed by atoms with Crippen molar-refractivity contribution in [3.8, 4) is 0 Å². The van der Waals surface area contributed by atoms with Gasteiger partial charge in [0.05, 0.1) is 23.2 Å². The Bertz CT molecular complexity index is 995. The van der Waals surface area contributed by atoms with Gasteiger partial charge in [0, 0.05) is 6.07 Å². The van der Waals surface area contributed by atoms with Crippen LogP contribution in [0.5, 0.6) is 0 Å². The van der Waals surface area contributed by atoms with Crippen molar-refractivity contribution in [2.45, 2.75) is 13.0 Å². The molecule has 0 aliphatic heterocycles. The van der Waals surface area contributed by atoms with Gasteiger partial charge in [-0.25, -0.2) is 17.2 Å². The molecular formula is C17H17F2N3O4S. The summed E-state index contributed by atoms with van der Waals surface area (Å²) in [4.78, 5) is 24.0. The van der Waals surface area contributed by atoms with Gasteiger partial charge in [0.1, 0.15) is 6.04 Å². The molecule has 0 saturated heterocycles. The zero-order chi connectivity index (χ0) is 20.4. The van der Waals surface area contributed by atoms with Crippen molar-refractivity contribution in [1.82, 2.24) is 0 Å². The van der Waals surface area contributed by atoms with Gasteiger partial charge in [-0.05, 0) is 31.2 Å². The van der Waals surface area contributed by atoms with E-state index >= 15 is 0 Å². The molecule has 0 radical (unpaired) electrons. The van der Waals surface area contributed by atoms with E-state index in [2.05, 4.69) is 5.32 Å². The SMILES string of the molecule is CC(C(=O)Nc1ccccc1C(N)=O)N(c1ccc(F)c(F)c1)S(C)(=O)=O. The van der Waals surface area contributed by atoms with E-state index in [1.54, 1.807) is 12.1 Å². The van der Waals surface area contributed by atoms with Crippen LogP contribution in [0.25, 0.3) is 0 Å². The van der Waals surface area contributed by atoms with E-state index in [1.807, 2.05) is 0 Å². The summed E-state index contributed by atoms with van der Waals surface area (Å²) in [5.74, 6) is -3.98. The molecule has 144 valence electrons. The molecule has 2 amide bonds. The molecule has 7 nitrogen and oxygen atoms in total. The van der Waals surface area contributed by atoms with Crippen LogP contribution >= 0.6 is 0 Å². The maximum Gasteiger partial charge on any atom is 0.250 e. The Morgan fingerprint density at radius 3 is 2.30 bits per heavy atom. The molecule has 0 spiro atoms. The van der Waals surface area contributed by atoms with Gasteiger partial charge in [-0.1, -0.05) is 12.1 Å². The molecule has 1 atom stereocenters. The summed E-state index contributed by atoms with van der Waals surface area (Å²) < 4.78 is 51.7. The van der Waals surface area contributed by atoms with E-state index in [0.29, 0.717) is 10.4 Å². The van der Waals surface area contributed by atoms with E-state index in [0.717, 1.165) is 18.4 Å². The number of benzene rings is 2. The number of sulfonamides is 1. The van der Waals surface area contributed by atoms with Crippen molar-refractivity contribution in [2.24, 2.45) is 5.73 Å². The summed E-state index contributed by atoms with van der Waals surface area (Å²) >= 11 is 0. The number of anilines is 2. The average molecular weight is 397 g/mol. The second-order valence-electron chi connectivity index (χ2n) is 5.73. The van der Waals surface area contributed by atoms with Gasteiger partial charge < -0.3 is 11.1 Å². The Balaban J connectivity index is 2.39. The van der Waals surface area contributed by atoms with E-state index < -0.39 is 39.5 Å². The maximum absolute atomic E-state index is 13.5. The van der Waals surface area contributed by atoms with Crippen LogP contribution in [0.2, 0.25) is 0 Å². The van der Waals surface area contributed by atoms with Crippen LogP contribution in [0, 0.1) is 11.6 Å². The van der Waals surface area contributed by atoms with Crippen LogP contribution in [0.15, 0.2) is 42.5 Å². The number of rotatable bonds is 6. The standard InChI is InChI=1S/C17H17F2N3O4S/c1-10(17(24)21-15-6-4-3-5-12(15)16(20)23)22(27(2,25)26)11-7-8-13(18)14(19)9-11/h3-10H,1-2H3,(H2,20,23)(H,21,24). The summed E-state index contributed by atoms with van der Waals surface area (Å²) in [7, 11) is -4.02. The molecule has 0 aromatic heterocycles. The third kappa shape index (κ3) is 4.59. The predicted octanol–water partition coefficient (Wildman–Crippen LogP) is 1.86. The lowest BCUT2D eigenvalue weighted by Crippen LogP contribution is -2.45. The number of primary amides is 1. The molecule has 0 bridgehead atoms. The second kappa shape index (κ2) is 7.70. The number of nitrogens with zero attached hydrogens (tertiary/aromatic N) is 1. The van der Waals surface area contributed by atoms with Crippen molar-refractivity contribution in [3.05, 3.63) is 59.7 Å². The molecule has 0 aliphatic carbocycles. The molecule has 2 rings (SSSR count). The number of hydrogen-bond acceptors (Lipinski definition) is 4. The first-order valence-electron chi connectivity index (χ1n) is 7.66. The molecule has 0 heterocycles. The lowest BCUT2D eigenvalue weighted by molar-refractivity contribution is -0.116. The molecule has 0 saturated carbocycles. The number of carbonyl (C=O) groups is 2. The quantitative estimate of drug-likeness (QED) is 0.775. The van der Waals surface area contributed by atoms with Crippen molar-refractivity contribution >= 4 is 33.2 Å². The fourth-order valence-corrected chi connectivity index (χ4v) is 3.64. The molecule has 2 aromatic carbocycles. The highest BCUT2D eigenvalue weighted by Gasteiger charge is 2.30. The topological polar surface area (TPSA) is 110 Å². The third-order valence-electron chi connectivity index (χ3n) is 3.70. The molecule has 0 aliphatic rings. The molecule has 10 heteroatoms. The predicted molar refractivity (Wildman–Crippen MR) is 96.7 cm³/mol. The molecule has 0 fully saturated rings. The normalized spacial score (nSPS) is 12.3. The molecule has 1 unspecified atom stereocenters. The fourth-order valence-electron chi connectivity index (χ4n) is 2.48. The van der Waals surface area contributed by atoms with Crippen LogP contribution in [-0.2, 0) is 14.8 Å². The minimum absolute atomic E-state index is 0.0387. The van der Waals surface area contributed by atoms with Gasteiger partial charge in [0.15, 0.2) is 11.6 Å². The van der Waals surface area contributed by atoms with E-state index in [9.17, 15) is 26.8 Å². The minimum Gasteiger partial charge on any atom is -0.366 e. The Morgan fingerprint density at radius 1 is 1.11 bits per heavy atom. The lowest BCUT2D eigenvalue weighted by Gasteiger charge is -2.28. The van der Waals surface area contributed by atoms with Crippen molar-refractivity contribution < 1.29 is 26.8 Å². The number of hydrogen-bond donors (Lipinski definition) is 2. The molecular weight excluding hydrogens is 380 g/mol. The third-order valence-corrected chi connectivity index (χ3v) is 4.94. The summed E-state index contributed by atoms with van der Waals surface area (Å²) in [6.45, 7) is 1.27. The van der Waals surface area contributed by atoms with Crippen LogP contribution in [-0.4, -0.2) is 32.5 Å². The van der Waals surface area contributed by atoms with E-state index in [4.69, 9.17) is 5.73 Å². The summed E-state index contributed by atoms with van der Waals surface area (Å²) in [6.07, 6.45) is 0.829.